The molecule has 2 aromatic rings. The van der Waals surface area contributed by atoms with Gasteiger partial charge in [-0.25, -0.2) is 9.97 Å². The van der Waals surface area contributed by atoms with E-state index in [1.807, 2.05) is 24.3 Å². The monoisotopic (exact) mass is 174 g/mol. The molecule has 0 aliphatic carbocycles. The van der Waals surface area contributed by atoms with Crippen LogP contribution in [0.1, 0.15) is 0 Å². The molecule has 1 aromatic heterocycles. The fraction of sp³-hybridized carbons (Fsp3) is 0.111. The molecule has 0 atom stereocenters. The predicted molar refractivity (Wildman–Crippen MR) is 53.5 cm³/mol. The molecule has 0 saturated heterocycles. The first-order valence-electron chi connectivity index (χ1n) is 4.01. The zero-order valence-corrected chi connectivity index (χ0v) is 7.28. The van der Waals surface area contributed by atoms with Crippen LogP contribution < -0.4 is 11.1 Å². The fourth-order valence-corrected chi connectivity index (χ4v) is 1.20. The van der Waals surface area contributed by atoms with Crippen molar-refractivity contribution >= 4 is 22.7 Å². The van der Waals surface area contributed by atoms with Gasteiger partial charge in [-0.2, -0.15) is 0 Å². The first kappa shape index (κ1) is 7.79. The van der Waals surface area contributed by atoms with Crippen molar-refractivity contribution in [1.29, 1.82) is 0 Å². The lowest BCUT2D eigenvalue weighted by Gasteiger charge is -2.04. The summed E-state index contributed by atoms with van der Waals surface area (Å²) in [5.74, 6) is 1.06. The quantitative estimate of drug-likeness (QED) is 0.683. The average Bonchev–Trinajstić information content (AvgIpc) is 2.17. The number of benzene rings is 1. The third-order valence-corrected chi connectivity index (χ3v) is 1.83. The maximum absolute atomic E-state index is 5.66. The zero-order chi connectivity index (χ0) is 9.26. The summed E-state index contributed by atoms with van der Waals surface area (Å²) in [5, 5.41) is 2.89. The van der Waals surface area contributed by atoms with Crippen LogP contribution in [0.3, 0.4) is 0 Å². The molecule has 0 amide bonds. The van der Waals surface area contributed by atoms with E-state index in [9.17, 15) is 0 Å². The van der Waals surface area contributed by atoms with Gasteiger partial charge in [-0.05, 0) is 12.1 Å². The third-order valence-electron chi connectivity index (χ3n) is 1.83. The van der Waals surface area contributed by atoms with Crippen LogP contribution in [0.2, 0.25) is 0 Å². The molecular weight excluding hydrogens is 164 g/mol. The number of fused-ring (bicyclic) bond motifs is 1. The molecule has 0 unspecified atom stereocenters. The number of nitrogens with two attached hydrogens (primary N) is 1. The van der Waals surface area contributed by atoms with E-state index in [0.717, 1.165) is 11.0 Å². The highest BCUT2D eigenvalue weighted by Gasteiger charge is 2.02. The largest absolute Gasteiger partial charge is 0.381 e. The van der Waals surface area contributed by atoms with Crippen molar-refractivity contribution in [3.63, 3.8) is 0 Å². The summed E-state index contributed by atoms with van der Waals surface area (Å²) in [6, 6.07) is 7.63. The minimum Gasteiger partial charge on any atom is -0.381 e. The smallest absolute Gasteiger partial charge is 0.169 e. The number of aromatic nitrogens is 2. The predicted octanol–water partition coefficient (Wildman–Crippen LogP) is 1.25. The van der Waals surface area contributed by atoms with E-state index < -0.39 is 0 Å². The van der Waals surface area contributed by atoms with Crippen LogP contribution in [0.15, 0.2) is 24.3 Å². The lowest BCUT2D eigenvalue weighted by molar-refractivity contribution is 1.27. The van der Waals surface area contributed by atoms with Crippen LogP contribution in [0.4, 0.5) is 11.6 Å². The highest BCUT2D eigenvalue weighted by molar-refractivity contribution is 5.79. The number of rotatable bonds is 1. The second-order valence-corrected chi connectivity index (χ2v) is 2.70. The topological polar surface area (TPSA) is 63.8 Å². The van der Waals surface area contributed by atoms with Crippen molar-refractivity contribution in [1.82, 2.24) is 9.97 Å². The van der Waals surface area contributed by atoms with E-state index in [2.05, 4.69) is 15.3 Å². The normalized spacial score (nSPS) is 10.2. The summed E-state index contributed by atoms with van der Waals surface area (Å²) in [5.41, 5.74) is 7.33. The van der Waals surface area contributed by atoms with Crippen LogP contribution >= 0.6 is 0 Å². The molecule has 0 spiro atoms. The maximum atomic E-state index is 5.66. The molecule has 13 heavy (non-hydrogen) atoms. The van der Waals surface area contributed by atoms with E-state index in [-0.39, 0.29) is 0 Å². The summed E-state index contributed by atoms with van der Waals surface area (Å²) < 4.78 is 0. The summed E-state index contributed by atoms with van der Waals surface area (Å²) in [4.78, 5) is 8.49. The zero-order valence-electron chi connectivity index (χ0n) is 7.28. The molecule has 0 saturated carbocycles. The number of nitrogens with one attached hydrogen (secondary N) is 1. The SMILES string of the molecule is CNc1nc2ccccc2nc1N. The fourth-order valence-electron chi connectivity index (χ4n) is 1.20. The standard InChI is InChI=1S/C9H10N4/c1-11-9-8(10)12-6-4-2-3-5-7(6)13-9/h2-5H,1H3,(H2,10,12)(H,11,13). The van der Waals surface area contributed by atoms with Gasteiger partial charge in [0, 0.05) is 7.05 Å². The van der Waals surface area contributed by atoms with E-state index in [1.54, 1.807) is 7.05 Å². The summed E-state index contributed by atoms with van der Waals surface area (Å²) in [7, 11) is 1.77. The van der Waals surface area contributed by atoms with Crippen molar-refractivity contribution < 1.29 is 0 Å². The Morgan fingerprint density at radius 2 is 1.77 bits per heavy atom. The molecular formula is C9H10N4. The van der Waals surface area contributed by atoms with Crippen LogP contribution in [0.5, 0.6) is 0 Å². The van der Waals surface area contributed by atoms with Crippen molar-refractivity contribution in [2.45, 2.75) is 0 Å². The minimum atomic E-state index is 0.432. The van der Waals surface area contributed by atoms with Crippen LogP contribution in [0, 0.1) is 0 Å². The maximum Gasteiger partial charge on any atom is 0.169 e. The van der Waals surface area contributed by atoms with Gasteiger partial charge in [-0.3, -0.25) is 0 Å². The van der Waals surface area contributed by atoms with E-state index in [1.165, 1.54) is 0 Å². The number of para-hydroxylation sites is 2. The second-order valence-electron chi connectivity index (χ2n) is 2.70. The first-order valence-corrected chi connectivity index (χ1v) is 4.01. The van der Waals surface area contributed by atoms with Crippen molar-refractivity contribution in [3.8, 4) is 0 Å². The van der Waals surface area contributed by atoms with Crippen molar-refractivity contribution in [2.24, 2.45) is 0 Å². The molecule has 1 heterocycles. The Labute approximate surface area is 75.8 Å². The van der Waals surface area contributed by atoms with E-state index in [0.29, 0.717) is 11.6 Å². The van der Waals surface area contributed by atoms with Crippen LogP contribution in [-0.2, 0) is 0 Å². The average molecular weight is 174 g/mol. The molecule has 1 aromatic carbocycles. The molecule has 0 aliphatic rings. The second kappa shape index (κ2) is 2.90. The molecule has 2 rings (SSSR count). The van der Waals surface area contributed by atoms with Gasteiger partial charge in [0.1, 0.15) is 0 Å². The lowest BCUT2D eigenvalue weighted by Crippen LogP contribution is -2.01. The molecule has 3 N–H and O–H groups in total. The Morgan fingerprint density at radius 1 is 1.15 bits per heavy atom. The minimum absolute atomic E-state index is 0.432. The van der Waals surface area contributed by atoms with Gasteiger partial charge in [-0.1, -0.05) is 12.1 Å². The van der Waals surface area contributed by atoms with Crippen molar-refractivity contribution in [3.05, 3.63) is 24.3 Å². The molecule has 4 nitrogen and oxygen atoms in total. The Bertz CT molecular complexity index is 439. The molecule has 4 heteroatoms. The number of nitrogen functional groups attached to an aromatic ring is 1. The number of hydrogen-bond donors (Lipinski definition) is 2. The Morgan fingerprint density at radius 3 is 2.38 bits per heavy atom. The van der Waals surface area contributed by atoms with Gasteiger partial charge in [0.05, 0.1) is 11.0 Å². The molecule has 0 radical (unpaired) electrons. The third kappa shape index (κ3) is 1.26. The van der Waals surface area contributed by atoms with Crippen LogP contribution in [-0.4, -0.2) is 17.0 Å². The molecule has 0 bridgehead atoms. The molecule has 0 aliphatic heterocycles. The van der Waals surface area contributed by atoms with Crippen LogP contribution in [0.25, 0.3) is 11.0 Å². The molecule has 0 fully saturated rings. The summed E-state index contributed by atoms with van der Waals surface area (Å²) >= 11 is 0. The highest BCUT2D eigenvalue weighted by atomic mass is 15.0. The Hall–Kier alpha value is -1.84. The first-order chi connectivity index (χ1) is 6.31. The van der Waals surface area contributed by atoms with E-state index in [4.69, 9.17) is 5.73 Å². The Balaban J connectivity index is 2.74. The van der Waals surface area contributed by atoms with Gasteiger partial charge in [0.15, 0.2) is 11.6 Å². The van der Waals surface area contributed by atoms with Gasteiger partial charge in [0.2, 0.25) is 0 Å². The lowest BCUT2D eigenvalue weighted by atomic mass is 10.3. The van der Waals surface area contributed by atoms with Gasteiger partial charge >= 0.3 is 0 Å². The van der Waals surface area contributed by atoms with Gasteiger partial charge in [-0.15, -0.1) is 0 Å². The number of anilines is 2. The number of hydrogen-bond acceptors (Lipinski definition) is 4. The summed E-state index contributed by atoms with van der Waals surface area (Å²) in [6.07, 6.45) is 0. The highest BCUT2D eigenvalue weighted by Crippen LogP contribution is 2.17. The Kier molecular flexibility index (Phi) is 1.73. The number of nitrogens with zero attached hydrogens (tertiary/aromatic N) is 2. The van der Waals surface area contributed by atoms with Gasteiger partial charge in [0.25, 0.3) is 0 Å². The van der Waals surface area contributed by atoms with Crippen molar-refractivity contribution in [2.75, 3.05) is 18.1 Å². The van der Waals surface area contributed by atoms with Gasteiger partial charge < -0.3 is 11.1 Å². The van der Waals surface area contributed by atoms with E-state index >= 15 is 0 Å². The summed E-state index contributed by atoms with van der Waals surface area (Å²) in [6.45, 7) is 0. The molecule has 66 valence electrons.